The number of carbonyl (C=O) groups is 1. The second kappa shape index (κ2) is 10.4. The molecule has 1 aliphatic rings. The fraction of sp³-hybridized carbons (Fsp3) is 0.381. The van der Waals surface area contributed by atoms with Crippen molar-refractivity contribution in [1.29, 1.82) is 0 Å². The Balaban J connectivity index is 1.42. The molecule has 162 valence electrons. The molecule has 1 atom stereocenters. The predicted octanol–water partition coefficient (Wildman–Crippen LogP) is 1.67. The van der Waals surface area contributed by atoms with E-state index in [-0.39, 0.29) is 17.4 Å². The van der Waals surface area contributed by atoms with Crippen LogP contribution in [-0.4, -0.2) is 64.2 Å². The molecule has 1 fully saturated rings. The van der Waals surface area contributed by atoms with Crippen molar-refractivity contribution >= 4 is 15.9 Å². The summed E-state index contributed by atoms with van der Waals surface area (Å²) in [5.74, 6) is 0.914. The van der Waals surface area contributed by atoms with Crippen LogP contribution in [0.1, 0.15) is 6.92 Å². The molecule has 3 rings (SSSR count). The lowest BCUT2D eigenvalue weighted by molar-refractivity contribution is -0.127. The first-order valence-corrected chi connectivity index (χ1v) is 11.2. The molecule has 1 amide bonds. The highest BCUT2D eigenvalue weighted by Crippen LogP contribution is 2.20. The van der Waals surface area contributed by atoms with E-state index >= 15 is 0 Å². The molecule has 8 nitrogen and oxygen atoms in total. The van der Waals surface area contributed by atoms with Gasteiger partial charge in [-0.2, -0.15) is 4.31 Å². The number of ether oxygens (including phenoxy) is 3. The quantitative estimate of drug-likeness (QED) is 0.604. The summed E-state index contributed by atoms with van der Waals surface area (Å²) in [4.78, 5) is 12.3. The molecule has 30 heavy (non-hydrogen) atoms. The van der Waals surface area contributed by atoms with Crippen molar-refractivity contribution in [2.45, 2.75) is 17.9 Å². The van der Waals surface area contributed by atoms with E-state index in [1.54, 1.807) is 31.2 Å². The van der Waals surface area contributed by atoms with Gasteiger partial charge in [-0.1, -0.05) is 18.2 Å². The van der Waals surface area contributed by atoms with Crippen LogP contribution in [0, 0.1) is 0 Å². The van der Waals surface area contributed by atoms with Crippen LogP contribution in [0.25, 0.3) is 0 Å². The Bertz CT molecular complexity index is 912. The SMILES string of the molecule is CC(Oc1ccccc1)C(=O)NCCOc1ccc(S(=O)(=O)N2CCOCC2)cc1. The summed E-state index contributed by atoms with van der Waals surface area (Å²) in [7, 11) is -3.52. The molecule has 1 aliphatic heterocycles. The fourth-order valence-electron chi connectivity index (χ4n) is 2.89. The molecule has 0 bridgehead atoms. The Morgan fingerprint density at radius 1 is 1.07 bits per heavy atom. The van der Waals surface area contributed by atoms with Gasteiger partial charge in [-0.15, -0.1) is 0 Å². The molecule has 0 aromatic heterocycles. The topological polar surface area (TPSA) is 94.2 Å². The molecule has 9 heteroatoms. The molecule has 2 aromatic carbocycles. The maximum absolute atomic E-state index is 12.6. The van der Waals surface area contributed by atoms with E-state index < -0.39 is 16.1 Å². The van der Waals surface area contributed by atoms with Gasteiger partial charge in [-0.05, 0) is 43.3 Å². The second-order valence-corrected chi connectivity index (χ2v) is 8.64. The van der Waals surface area contributed by atoms with Crippen LogP contribution >= 0.6 is 0 Å². The van der Waals surface area contributed by atoms with E-state index in [9.17, 15) is 13.2 Å². The summed E-state index contributed by atoms with van der Waals surface area (Å²) >= 11 is 0. The molecular weight excluding hydrogens is 408 g/mol. The summed E-state index contributed by atoms with van der Waals surface area (Å²) in [5.41, 5.74) is 0. The number of rotatable bonds is 9. The zero-order valence-electron chi connectivity index (χ0n) is 16.8. The third kappa shape index (κ3) is 5.94. The van der Waals surface area contributed by atoms with E-state index in [1.165, 1.54) is 16.4 Å². The minimum Gasteiger partial charge on any atom is -0.492 e. The number of hydrogen-bond acceptors (Lipinski definition) is 6. The number of amides is 1. The maximum Gasteiger partial charge on any atom is 0.260 e. The van der Waals surface area contributed by atoms with Gasteiger partial charge in [0.1, 0.15) is 18.1 Å². The average Bonchev–Trinajstić information content (AvgIpc) is 2.78. The van der Waals surface area contributed by atoms with E-state index in [1.807, 2.05) is 18.2 Å². The van der Waals surface area contributed by atoms with Crippen molar-refractivity contribution in [2.24, 2.45) is 0 Å². The summed E-state index contributed by atoms with van der Waals surface area (Å²) in [6.07, 6.45) is -0.628. The zero-order valence-corrected chi connectivity index (χ0v) is 17.6. The minimum absolute atomic E-state index is 0.219. The average molecular weight is 435 g/mol. The molecule has 1 saturated heterocycles. The van der Waals surface area contributed by atoms with Gasteiger partial charge in [0.15, 0.2) is 6.10 Å². The number of nitrogens with zero attached hydrogens (tertiary/aromatic N) is 1. The molecule has 2 aromatic rings. The van der Waals surface area contributed by atoms with Crippen LogP contribution in [-0.2, 0) is 19.6 Å². The maximum atomic E-state index is 12.6. The van der Waals surface area contributed by atoms with Crippen molar-refractivity contribution in [3.8, 4) is 11.5 Å². The van der Waals surface area contributed by atoms with Gasteiger partial charge in [-0.3, -0.25) is 4.79 Å². The molecule has 0 aliphatic carbocycles. The highest BCUT2D eigenvalue weighted by atomic mass is 32.2. The highest BCUT2D eigenvalue weighted by Gasteiger charge is 2.26. The normalized spacial score (nSPS) is 15.9. The number of carbonyl (C=O) groups excluding carboxylic acids is 1. The number of para-hydroxylation sites is 1. The summed E-state index contributed by atoms with van der Waals surface area (Å²) < 4.78 is 43.0. The second-order valence-electron chi connectivity index (χ2n) is 6.70. The molecule has 1 unspecified atom stereocenters. The van der Waals surface area contributed by atoms with Crippen LogP contribution in [0.2, 0.25) is 0 Å². The van der Waals surface area contributed by atoms with Gasteiger partial charge >= 0.3 is 0 Å². The van der Waals surface area contributed by atoms with Crippen LogP contribution in [0.15, 0.2) is 59.5 Å². The number of nitrogens with one attached hydrogen (secondary N) is 1. The van der Waals surface area contributed by atoms with Gasteiger partial charge in [0.05, 0.1) is 24.7 Å². The van der Waals surface area contributed by atoms with E-state index in [2.05, 4.69) is 5.32 Å². The molecule has 1 N–H and O–H groups in total. The molecule has 1 heterocycles. The first kappa shape index (κ1) is 22.1. The summed E-state index contributed by atoms with van der Waals surface area (Å²) in [6, 6.07) is 15.4. The Morgan fingerprint density at radius 3 is 2.40 bits per heavy atom. The number of hydrogen-bond donors (Lipinski definition) is 1. The van der Waals surface area contributed by atoms with Gasteiger partial charge in [0, 0.05) is 13.1 Å². The van der Waals surface area contributed by atoms with Crippen molar-refractivity contribution in [2.75, 3.05) is 39.5 Å². The van der Waals surface area contributed by atoms with Crippen LogP contribution in [0.4, 0.5) is 0 Å². The zero-order chi connectivity index (χ0) is 21.4. The minimum atomic E-state index is -3.52. The lowest BCUT2D eigenvalue weighted by Crippen LogP contribution is -2.40. The van der Waals surface area contributed by atoms with Crippen molar-refractivity contribution < 1.29 is 27.4 Å². The predicted molar refractivity (Wildman–Crippen MR) is 111 cm³/mol. The van der Waals surface area contributed by atoms with E-state index in [0.29, 0.717) is 44.3 Å². The van der Waals surface area contributed by atoms with Crippen molar-refractivity contribution in [3.05, 3.63) is 54.6 Å². The molecule has 0 saturated carbocycles. The van der Waals surface area contributed by atoms with Gasteiger partial charge in [0.25, 0.3) is 5.91 Å². The summed E-state index contributed by atoms with van der Waals surface area (Å²) in [6.45, 7) is 3.74. The Labute approximate surface area is 176 Å². The molecule has 0 radical (unpaired) electrons. The van der Waals surface area contributed by atoms with E-state index in [0.717, 1.165) is 0 Å². The van der Waals surface area contributed by atoms with E-state index in [4.69, 9.17) is 14.2 Å². The Kier molecular flexibility index (Phi) is 7.67. The third-order valence-corrected chi connectivity index (χ3v) is 6.44. The smallest absolute Gasteiger partial charge is 0.260 e. The van der Waals surface area contributed by atoms with Crippen LogP contribution < -0.4 is 14.8 Å². The first-order valence-electron chi connectivity index (χ1n) is 9.77. The number of morpholine rings is 1. The number of benzene rings is 2. The number of sulfonamides is 1. The lowest BCUT2D eigenvalue weighted by Gasteiger charge is -2.26. The van der Waals surface area contributed by atoms with Crippen LogP contribution in [0.5, 0.6) is 11.5 Å². The third-order valence-electron chi connectivity index (χ3n) is 4.53. The van der Waals surface area contributed by atoms with Gasteiger partial charge in [0.2, 0.25) is 10.0 Å². The summed E-state index contributed by atoms with van der Waals surface area (Å²) in [5, 5.41) is 2.75. The van der Waals surface area contributed by atoms with Crippen molar-refractivity contribution in [3.63, 3.8) is 0 Å². The largest absolute Gasteiger partial charge is 0.492 e. The molecule has 0 spiro atoms. The van der Waals surface area contributed by atoms with Crippen molar-refractivity contribution in [1.82, 2.24) is 9.62 Å². The molecular formula is C21H26N2O6S. The monoisotopic (exact) mass is 434 g/mol. The Hall–Kier alpha value is -2.62. The fourth-order valence-corrected chi connectivity index (χ4v) is 4.30. The van der Waals surface area contributed by atoms with Gasteiger partial charge in [-0.25, -0.2) is 8.42 Å². The first-order chi connectivity index (χ1) is 14.5. The Morgan fingerprint density at radius 2 is 1.73 bits per heavy atom. The van der Waals surface area contributed by atoms with Crippen LogP contribution in [0.3, 0.4) is 0 Å². The lowest BCUT2D eigenvalue weighted by atomic mass is 10.3. The standard InChI is InChI=1S/C21H26N2O6S/c1-17(29-19-5-3-2-4-6-19)21(24)22-11-14-28-18-7-9-20(10-8-18)30(25,26)23-12-15-27-16-13-23/h2-10,17H,11-16H2,1H3,(H,22,24). The van der Waals surface area contributed by atoms with Gasteiger partial charge < -0.3 is 19.5 Å². The highest BCUT2D eigenvalue weighted by molar-refractivity contribution is 7.89.